The van der Waals surface area contributed by atoms with Crippen LogP contribution in [-0.2, 0) is 22.2 Å². The van der Waals surface area contributed by atoms with Crippen LogP contribution in [-0.4, -0.2) is 31.3 Å². The first-order valence-electron chi connectivity index (χ1n) is 15.9. The Bertz CT molecular complexity index is 1110. The highest BCUT2D eigenvalue weighted by Crippen LogP contribution is 2.48. The van der Waals surface area contributed by atoms with Crippen molar-refractivity contribution in [3.8, 4) is 11.5 Å². The molecule has 2 atom stereocenters. The average Bonchev–Trinajstić information content (AvgIpc) is 3.51. The topological polar surface area (TPSA) is 84.1 Å². The molecule has 0 aliphatic carbocycles. The first-order valence-corrected chi connectivity index (χ1v) is 18.3. The van der Waals surface area contributed by atoms with E-state index in [9.17, 15) is 9.79 Å². The number of phosphoric acid groups is 1. The Labute approximate surface area is 263 Å². The van der Waals surface area contributed by atoms with Crippen LogP contribution in [0.2, 0.25) is 0 Å². The van der Waals surface area contributed by atoms with Gasteiger partial charge in [0.05, 0.1) is 5.38 Å². The summed E-state index contributed by atoms with van der Waals surface area (Å²) < 4.78 is 23.8. The number of hydrogen-bond donors (Lipinski definition) is 1. The lowest BCUT2D eigenvalue weighted by atomic mass is 10.0. The minimum absolute atomic E-state index is 0.147. The molecule has 1 unspecified atom stereocenters. The van der Waals surface area contributed by atoms with Crippen molar-refractivity contribution in [2.75, 3.05) is 20.3 Å². The summed E-state index contributed by atoms with van der Waals surface area (Å²) in [5.74, 6) is 0.997. The molecule has 7 nitrogen and oxygen atoms in total. The summed E-state index contributed by atoms with van der Waals surface area (Å²) in [5.41, 5.74) is 4.25. The molecule has 0 fully saturated rings. The molecule has 238 valence electrons. The van der Waals surface area contributed by atoms with Crippen LogP contribution in [0.3, 0.4) is 0 Å². The predicted octanol–water partition coefficient (Wildman–Crippen LogP) is 7.85. The predicted molar refractivity (Wildman–Crippen MR) is 173 cm³/mol. The van der Waals surface area contributed by atoms with Crippen molar-refractivity contribution in [3.05, 3.63) is 76.7 Å². The number of methoxy groups -OCH3 is 1. The first kappa shape index (κ1) is 35.4. The maximum atomic E-state index is 12.6. The highest BCUT2D eigenvalue weighted by Gasteiger charge is 2.31. The van der Waals surface area contributed by atoms with E-state index >= 15 is 0 Å². The molecule has 9 heteroatoms. The number of phosphoric ester groups is 1. The second-order valence-corrected chi connectivity index (χ2v) is 13.3. The fourth-order valence-corrected chi connectivity index (χ4v) is 6.28. The Morgan fingerprint density at radius 2 is 1.51 bits per heavy atom. The number of hydrogen-bond acceptors (Lipinski definition) is 7. The normalized spacial score (nSPS) is 13.5. The standard InChI is InChI=1S/C34H50NO6PS/c1-3-4-5-6-7-8-9-10-11-12-13-14-16-30-19-21-32(22-20-30)39-27-34(38-2)28-40-42(36,37)41-33-18-15-17-31(25-33)26-35-23-24-43-29-35/h15,17-25,29,34H,3-14,16,26-28H2,1-2H3/p+1/t34-/m1/s1. The Morgan fingerprint density at radius 1 is 0.837 bits per heavy atom. The zero-order valence-corrected chi connectivity index (χ0v) is 27.7. The van der Waals surface area contributed by atoms with Crippen LogP contribution in [0.25, 0.3) is 0 Å². The zero-order valence-electron chi connectivity index (χ0n) is 26.0. The summed E-state index contributed by atoms with van der Waals surface area (Å²) in [4.78, 5) is 22.9. The molecular formula is C34H51NO6PS+. The van der Waals surface area contributed by atoms with Crippen molar-refractivity contribution in [3.63, 3.8) is 0 Å². The molecule has 0 aliphatic rings. The number of aromatic nitrogens is 1. The minimum Gasteiger partial charge on any atom is -0.598 e. The number of nitrogens with zero attached hydrogens (tertiary/aromatic N) is 1. The molecule has 3 aromatic rings. The molecule has 2 aromatic carbocycles. The second-order valence-electron chi connectivity index (χ2n) is 11.2. The molecule has 1 heterocycles. The Balaban J connectivity index is 1.28. The van der Waals surface area contributed by atoms with E-state index in [1.54, 1.807) is 29.5 Å². The SMILES string of the molecule is CCCCCCCCCCCCCCc1ccc(OC[C@H](CO[P+]([O-])(O)Oc2cccc(C[n+]3ccsc3)c2)OC)cc1. The molecular weight excluding hydrogens is 581 g/mol. The Kier molecular flexibility index (Phi) is 17.1. The van der Waals surface area contributed by atoms with E-state index in [-0.39, 0.29) is 19.0 Å². The molecule has 0 saturated heterocycles. The van der Waals surface area contributed by atoms with Gasteiger partial charge in [-0.05, 0) is 42.7 Å². The monoisotopic (exact) mass is 632 g/mol. The van der Waals surface area contributed by atoms with Gasteiger partial charge in [-0.3, -0.25) is 4.52 Å². The third kappa shape index (κ3) is 15.5. The summed E-state index contributed by atoms with van der Waals surface area (Å²) in [6.07, 6.45) is 18.8. The van der Waals surface area contributed by atoms with Gasteiger partial charge in [0.1, 0.15) is 25.1 Å². The summed E-state index contributed by atoms with van der Waals surface area (Å²) in [5, 5.41) is 1.99. The highest BCUT2D eigenvalue weighted by atomic mass is 32.1. The number of benzene rings is 2. The van der Waals surface area contributed by atoms with Crippen LogP contribution in [0.5, 0.6) is 11.5 Å². The Morgan fingerprint density at radius 3 is 2.14 bits per heavy atom. The van der Waals surface area contributed by atoms with Crippen molar-refractivity contribution in [2.45, 2.75) is 103 Å². The number of unbranched alkanes of at least 4 members (excludes halogenated alkanes) is 11. The minimum atomic E-state index is -4.34. The quantitative estimate of drug-likeness (QED) is 0.0615. The zero-order chi connectivity index (χ0) is 30.6. The molecule has 0 radical (unpaired) electrons. The second kappa shape index (κ2) is 20.8. The summed E-state index contributed by atoms with van der Waals surface area (Å²) in [7, 11) is -2.83. The lowest BCUT2D eigenvalue weighted by Crippen LogP contribution is -2.30. The molecule has 3 rings (SSSR count). The van der Waals surface area contributed by atoms with Gasteiger partial charge in [-0.25, -0.2) is 0 Å². The summed E-state index contributed by atoms with van der Waals surface area (Å²) in [6, 6.07) is 15.2. The van der Waals surface area contributed by atoms with Crippen molar-refractivity contribution in [1.29, 1.82) is 0 Å². The molecule has 1 N–H and O–H groups in total. The van der Waals surface area contributed by atoms with E-state index in [2.05, 4.69) is 19.1 Å². The third-order valence-electron chi connectivity index (χ3n) is 7.45. The smallest absolute Gasteiger partial charge is 0.426 e. The number of ether oxygens (including phenoxy) is 2. The third-order valence-corrected chi connectivity index (χ3v) is 9.03. The van der Waals surface area contributed by atoms with Crippen LogP contribution in [0.4, 0.5) is 0 Å². The molecule has 0 spiro atoms. The largest absolute Gasteiger partial charge is 0.598 e. The molecule has 0 bridgehead atoms. The van der Waals surface area contributed by atoms with Crippen LogP contribution >= 0.6 is 19.5 Å². The lowest BCUT2D eigenvalue weighted by Gasteiger charge is -2.22. The number of thiazole rings is 1. The van der Waals surface area contributed by atoms with E-state index in [1.165, 1.54) is 89.7 Å². The van der Waals surface area contributed by atoms with Gasteiger partial charge < -0.3 is 14.4 Å². The fraction of sp³-hybridized carbons (Fsp3) is 0.559. The van der Waals surface area contributed by atoms with Crippen molar-refractivity contribution in [2.24, 2.45) is 0 Å². The van der Waals surface area contributed by atoms with E-state index in [4.69, 9.17) is 18.5 Å². The van der Waals surface area contributed by atoms with E-state index < -0.39 is 14.3 Å². The van der Waals surface area contributed by atoms with E-state index in [0.717, 1.165) is 17.7 Å². The van der Waals surface area contributed by atoms with Crippen molar-refractivity contribution in [1.82, 2.24) is 0 Å². The van der Waals surface area contributed by atoms with Gasteiger partial charge in [0.2, 0.25) is 5.51 Å². The number of rotatable bonds is 24. The van der Waals surface area contributed by atoms with Crippen molar-refractivity contribution >= 4 is 19.5 Å². The first-order chi connectivity index (χ1) is 21.0. The molecule has 0 saturated carbocycles. The van der Waals surface area contributed by atoms with Crippen LogP contribution in [0.1, 0.15) is 95.1 Å². The molecule has 0 aliphatic heterocycles. The van der Waals surface area contributed by atoms with Gasteiger partial charge in [-0.2, -0.15) is 14.0 Å². The van der Waals surface area contributed by atoms with Gasteiger partial charge in [0.25, 0.3) is 0 Å². The van der Waals surface area contributed by atoms with Gasteiger partial charge in [-0.15, -0.1) is 0 Å². The molecule has 0 amide bonds. The summed E-state index contributed by atoms with van der Waals surface area (Å²) >= 11 is 1.60. The molecule has 43 heavy (non-hydrogen) atoms. The average molecular weight is 633 g/mol. The fourth-order valence-electron chi connectivity index (χ4n) is 4.90. The maximum Gasteiger partial charge on any atom is 0.426 e. The van der Waals surface area contributed by atoms with Crippen LogP contribution < -0.4 is 18.7 Å². The summed E-state index contributed by atoms with van der Waals surface area (Å²) in [6.45, 7) is 2.95. The van der Waals surface area contributed by atoms with Gasteiger partial charge in [0.15, 0.2) is 18.5 Å². The van der Waals surface area contributed by atoms with E-state index in [0.29, 0.717) is 6.54 Å². The highest BCUT2D eigenvalue weighted by molar-refractivity contribution is 7.53. The van der Waals surface area contributed by atoms with E-state index in [1.807, 2.05) is 39.9 Å². The lowest BCUT2D eigenvalue weighted by molar-refractivity contribution is -0.683. The van der Waals surface area contributed by atoms with Crippen LogP contribution in [0, 0.1) is 0 Å². The van der Waals surface area contributed by atoms with Gasteiger partial charge in [-0.1, -0.05) is 113 Å². The van der Waals surface area contributed by atoms with Gasteiger partial charge in [0, 0.05) is 12.7 Å². The van der Waals surface area contributed by atoms with Crippen LogP contribution in [0.15, 0.2) is 65.6 Å². The van der Waals surface area contributed by atoms with Gasteiger partial charge >= 0.3 is 8.17 Å². The molecule has 1 aromatic heterocycles. The maximum absolute atomic E-state index is 12.6. The Hall–Kier alpha value is -2.06. The number of aryl methyl sites for hydroxylation is 1. The van der Waals surface area contributed by atoms with Crippen molar-refractivity contribution < 1.29 is 32.9 Å².